The molecule has 1 atom stereocenters. The van der Waals surface area contributed by atoms with E-state index < -0.39 is 0 Å². The number of carbonyl (C=O) groups excluding carboxylic acids is 1. The number of nitrogens with zero attached hydrogens (tertiary/aromatic N) is 2. The van der Waals surface area contributed by atoms with Crippen molar-refractivity contribution in [1.29, 1.82) is 0 Å². The first-order valence-electron chi connectivity index (χ1n) is 10.6. The Hall–Kier alpha value is -3.02. The molecule has 2 aromatic carbocycles. The Bertz CT molecular complexity index is 821. The summed E-state index contributed by atoms with van der Waals surface area (Å²) < 4.78 is 5.16. The number of guanidine groups is 1. The van der Waals surface area contributed by atoms with Crippen LogP contribution in [0.2, 0.25) is 0 Å². The van der Waals surface area contributed by atoms with E-state index in [1.165, 1.54) is 5.56 Å². The van der Waals surface area contributed by atoms with Crippen molar-refractivity contribution in [3.05, 3.63) is 65.7 Å². The molecule has 1 heterocycles. The fourth-order valence-electron chi connectivity index (χ4n) is 3.71. The summed E-state index contributed by atoms with van der Waals surface area (Å²) in [6.45, 7) is 5.38. The van der Waals surface area contributed by atoms with Crippen molar-refractivity contribution in [1.82, 2.24) is 15.5 Å². The molecular formula is C24H32N4O2. The van der Waals surface area contributed by atoms with Gasteiger partial charge in [0, 0.05) is 26.2 Å². The van der Waals surface area contributed by atoms with Gasteiger partial charge < -0.3 is 20.3 Å². The van der Waals surface area contributed by atoms with Crippen LogP contribution in [0.4, 0.5) is 0 Å². The molecule has 0 aromatic heterocycles. The lowest BCUT2D eigenvalue weighted by Crippen LogP contribution is -2.41. The van der Waals surface area contributed by atoms with Gasteiger partial charge in [0.2, 0.25) is 5.91 Å². The maximum Gasteiger partial charge on any atom is 0.242 e. The Kier molecular flexibility index (Phi) is 8.12. The van der Waals surface area contributed by atoms with Gasteiger partial charge in [0.05, 0.1) is 7.11 Å². The van der Waals surface area contributed by atoms with E-state index in [-0.39, 0.29) is 12.5 Å². The van der Waals surface area contributed by atoms with Gasteiger partial charge >= 0.3 is 0 Å². The fourth-order valence-corrected chi connectivity index (χ4v) is 3.71. The Labute approximate surface area is 179 Å². The van der Waals surface area contributed by atoms with E-state index in [0.29, 0.717) is 12.5 Å². The van der Waals surface area contributed by atoms with Crippen LogP contribution in [-0.2, 0) is 17.8 Å². The summed E-state index contributed by atoms with van der Waals surface area (Å²) >= 11 is 0. The second-order valence-electron chi connectivity index (χ2n) is 7.59. The van der Waals surface area contributed by atoms with Crippen LogP contribution in [0, 0.1) is 5.92 Å². The summed E-state index contributed by atoms with van der Waals surface area (Å²) in [5.74, 6) is 2.16. The minimum Gasteiger partial charge on any atom is -0.497 e. The Morgan fingerprint density at radius 2 is 1.87 bits per heavy atom. The second kappa shape index (κ2) is 11.2. The third-order valence-corrected chi connectivity index (χ3v) is 5.31. The van der Waals surface area contributed by atoms with E-state index in [1.807, 2.05) is 24.3 Å². The number of rotatable bonds is 8. The van der Waals surface area contributed by atoms with Crippen LogP contribution < -0.4 is 15.4 Å². The number of carbonyl (C=O) groups is 1. The van der Waals surface area contributed by atoms with Crippen LogP contribution in [0.1, 0.15) is 24.5 Å². The number of ether oxygens (including phenoxy) is 1. The highest BCUT2D eigenvalue weighted by Gasteiger charge is 2.25. The molecule has 0 saturated carbocycles. The lowest BCUT2D eigenvalue weighted by molar-refractivity contribution is -0.119. The zero-order chi connectivity index (χ0) is 21.2. The largest absolute Gasteiger partial charge is 0.497 e. The molecule has 0 aliphatic carbocycles. The molecule has 0 radical (unpaired) electrons. The summed E-state index contributed by atoms with van der Waals surface area (Å²) in [6.07, 6.45) is 2.22. The SMILES string of the molecule is CCNC(=NCC(=O)NCc1ccc(OC)cc1)N1CCC(Cc2ccccc2)C1. The number of aliphatic imine (C=N–C) groups is 1. The van der Waals surface area contributed by atoms with Crippen LogP contribution in [0.15, 0.2) is 59.6 Å². The lowest BCUT2D eigenvalue weighted by atomic mass is 9.99. The molecule has 2 aromatic rings. The molecule has 1 saturated heterocycles. The predicted octanol–water partition coefficient (Wildman–Crippen LogP) is 2.84. The molecule has 0 bridgehead atoms. The quantitative estimate of drug-likeness (QED) is 0.521. The number of hydrogen-bond acceptors (Lipinski definition) is 3. The molecule has 30 heavy (non-hydrogen) atoms. The molecule has 1 amide bonds. The Morgan fingerprint density at radius 3 is 2.57 bits per heavy atom. The highest BCUT2D eigenvalue weighted by atomic mass is 16.5. The van der Waals surface area contributed by atoms with Crippen molar-refractivity contribution >= 4 is 11.9 Å². The van der Waals surface area contributed by atoms with Crippen LogP contribution in [-0.4, -0.2) is 50.1 Å². The van der Waals surface area contributed by atoms with Crippen molar-refractivity contribution in [3.63, 3.8) is 0 Å². The summed E-state index contributed by atoms with van der Waals surface area (Å²) in [4.78, 5) is 19.1. The van der Waals surface area contributed by atoms with Gasteiger partial charge in [0.25, 0.3) is 0 Å². The molecule has 2 N–H and O–H groups in total. The van der Waals surface area contributed by atoms with E-state index in [4.69, 9.17) is 4.74 Å². The smallest absolute Gasteiger partial charge is 0.242 e. The van der Waals surface area contributed by atoms with Gasteiger partial charge in [-0.25, -0.2) is 4.99 Å². The molecular weight excluding hydrogens is 376 g/mol. The Balaban J connectivity index is 1.49. The molecule has 0 spiro atoms. The van der Waals surface area contributed by atoms with Gasteiger partial charge in [-0.1, -0.05) is 42.5 Å². The van der Waals surface area contributed by atoms with Crippen molar-refractivity contribution in [2.75, 3.05) is 33.3 Å². The van der Waals surface area contributed by atoms with Crippen molar-refractivity contribution < 1.29 is 9.53 Å². The number of benzene rings is 2. The zero-order valence-corrected chi connectivity index (χ0v) is 17.9. The molecule has 1 aliphatic rings. The minimum absolute atomic E-state index is 0.0822. The highest BCUT2D eigenvalue weighted by molar-refractivity contribution is 5.85. The molecule has 1 aliphatic heterocycles. The maximum atomic E-state index is 12.3. The van der Waals surface area contributed by atoms with Crippen LogP contribution >= 0.6 is 0 Å². The maximum absolute atomic E-state index is 12.3. The molecule has 3 rings (SSSR count). The lowest BCUT2D eigenvalue weighted by Gasteiger charge is -2.21. The first-order valence-corrected chi connectivity index (χ1v) is 10.6. The van der Waals surface area contributed by atoms with Crippen molar-refractivity contribution in [3.8, 4) is 5.75 Å². The van der Waals surface area contributed by atoms with Crippen LogP contribution in [0.25, 0.3) is 0 Å². The molecule has 1 fully saturated rings. The number of nitrogens with one attached hydrogen (secondary N) is 2. The number of methoxy groups -OCH3 is 1. The summed E-state index contributed by atoms with van der Waals surface area (Å²) in [7, 11) is 1.64. The Morgan fingerprint density at radius 1 is 1.10 bits per heavy atom. The first kappa shape index (κ1) is 21.7. The minimum atomic E-state index is -0.0822. The number of hydrogen-bond donors (Lipinski definition) is 2. The van der Waals surface area contributed by atoms with Gasteiger partial charge in [0.1, 0.15) is 12.3 Å². The first-order chi connectivity index (χ1) is 14.7. The van der Waals surface area contributed by atoms with E-state index in [0.717, 1.165) is 49.7 Å². The standard InChI is InChI=1S/C24H32N4O2/c1-3-25-24(28-14-13-21(18-28)15-19-7-5-4-6-8-19)27-17-23(29)26-16-20-9-11-22(30-2)12-10-20/h4-12,21H,3,13-18H2,1-2H3,(H,25,27)(H,26,29). The predicted molar refractivity (Wildman–Crippen MR) is 121 cm³/mol. The summed E-state index contributed by atoms with van der Waals surface area (Å²) in [5.41, 5.74) is 2.41. The van der Waals surface area contributed by atoms with Gasteiger partial charge in [-0.05, 0) is 48.9 Å². The summed E-state index contributed by atoms with van der Waals surface area (Å²) in [6, 6.07) is 18.3. The van der Waals surface area contributed by atoms with Gasteiger partial charge in [-0.3, -0.25) is 4.79 Å². The van der Waals surface area contributed by atoms with Gasteiger partial charge in [-0.15, -0.1) is 0 Å². The average Bonchev–Trinajstić information content (AvgIpc) is 3.24. The van der Waals surface area contributed by atoms with Crippen molar-refractivity contribution in [2.45, 2.75) is 26.3 Å². The highest BCUT2D eigenvalue weighted by Crippen LogP contribution is 2.21. The summed E-state index contributed by atoms with van der Waals surface area (Å²) in [5, 5.41) is 6.27. The second-order valence-corrected chi connectivity index (χ2v) is 7.59. The number of likely N-dealkylation sites (tertiary alicyclic amines) is 1. The molecule has 6 heteroatoms. The molecule has 1 unspecified atom stereocenters. The zero-order valence-electron chi connectivity index (χ0n) is 17.9. The number of amides is 1. The van der Waals surface area contributed by atoms with Gasteiger partial charge in [-0.2, -0.15) is 0 Å². The van der Waals surface area contributed by atoms with E-state index in [1.54, 1.807) is 7.11 Å². The van der Waals surface area contributed by atoms with Crippen LogP contribution in [0.5, 0.6) is 5.75 Å². The third-order valence-electron chi connectivity index (χ3n) is 5.31. The van der Waals surface area contributed by atoms with Crippen molar-refractivity contribution in [2.24, 2.45) is 10.9 Å². The van der Waals surface area contributed by atoms with Crippen LogP contribution in [0.3, 0.4) is 0 Å². The average molecular weight is 409 g/mol. The van der Waals surface area contributed by atoms with E-state index >= 15 is 0 Å². The van der Waals surface area contributed by atoms with E-state index in [9.17, 15) is 4.79 Å². The van der Waals surface area contributed by atoms with E-state index in [2.05, 4.69) is 57.8 Å². The third kappa shape index (κ3) is 6.51. The fraction of sp³-hybridized carbons (Fsp3) is 0.417. The normalized spacial score (nSPS) is 16.4. The molecule has 6 nitrogen and oxygen atoms in total. The molecule has 160 valence electrons. The van der Waals surface area contributed by atoms with Gasteiger partial charge in [0.15, 0.2) is 5.96 Å². The topological polar surface area (TPSA) is 66.0 Å². The monoisotopic (exact) mass is 408 g/mol.